The second-order valence-corrected chi connectivity index (χ2v) is 4.50. The van der Waals surface area contributed by atoms with Crippen LogP contribution in [0.25, 0.3) is 0 Å². The molecule has 2 rings (SSSR count). The molecule has 4 nitrogen and oxygen atoms in total. The van der Waals surface area contributed by atoms with E-state index in [1.165, 1.54) is 0 Å². The van der Waals surface area contributed by atoms with E-state index in [4.69, 9.17) is 9.47 Å². The van der Waals surface area contributed by atoms with Crippen LogP contribution < -0.4 is 9.47 Å². The summed E-state index contributed by atoms with van der Waals surface area (Å²) >= 11 is 0. The van der Waals surface area contributed by atoms with E-state index >= 15 is 0 Å². The molecule has 0 N–H and O–H groups in total. The zero-order valence-corrected chi connectivity index (χ0v) is 11.8. The molecule has 0 radical (unpaired) electrons. The lowest BCUT2D eigenvalue weighted by molar-refractivity contribution is 0.0991. The van der Waals surface area contributed by atoms with Gasteiger partial charge in [-0.2, -0.15) is 0 Å². The number of nitrogens with zero attached hydrogens (tertiary/aromatic N) is 1. The van der Waals surface area contributed by atoms with Crippen LogP contribution in [-0.2, 0) is 6.42 Å². The fourth-order valence-corrected chi connectivity index (χ4v) is 1.88. The average molecular weight is 271 g/mol. The van der Waals surface area contributed by atoms with Gasteiger partial charge in [0.1, 0.15) is 0 Å². The second-order valence-electron chi connectivity index (χ2n) is 4.50. The number of hydrogen-bond donors (Lipinski definition) is 0. The molecule has 0 unspecified atom stereocenters. The summed E-state index contributed by atoms with van der Waals surface area (Å²) in [4.78, 5) is 16.5. The summed E-state index contributed by atoms with van der Waals surface area (Å²) in [6, 6.07) is 8.97. The Balaban J connectivity index is 2.18. The maximum Gasteiger partial charge on any atom is 0.168 e. The van der Waals surface area contributed by atoms with Crippen LogP contribution >= 0.6 is 0 Å². The van der Waals surface area contributed by atoms with E-state index in [2.05, 4.69) is 4.98 Å². The van der Waals surface area contributed by atoms with Crippen molar-refractivity contribution < 1.29 is 14.3 Å². The van der Waals surface area contributed by atoms with Gasteiger partial charge in [0.15, 0.2) is 17.3 Å². The van der Waals surface area contributed by atoms with Gasteiger partial charge in [0.25, 0.3) is 0 Å². The molecule has 0 aliphatic heterocycles. The Kier molecular flexibility index (Phi) is 4.35. The summed E-state index contributed by atoms with van der Waals surface area (Å²) in [5, 5.41) is 0. The number of carbonyl (C=O) groups is 1. The Labute approximate surface area is 118 Å². The highest BCUT2D eigenvalue weighted by atomic mass is 16.5. The highest BCUT2D eigenvalue weighted by Crippen LogP contribution is 2.27. The summed E-state index contributed by atoms with van der Waals surface area (Å²) in [6.07, 6.45) is 2.03. The molecular formula is C16H17NO3. The van der Waals surface area contributed by atoms with Crippen LogP contribution in [0.3, 0.4) is 0 Å². The quantitative estimate of drug-likeness (QED) is 0.785. The van der Waals surface area contributed by atoms with Gasteiger partial charge in [0.2, 0.25) is 0 Å². The summed E-state index contributed by atoms with van der Waals surface area (Å²) in [7, 11) is 3.11. The minimum Gasteiger partial charge on any atom is -0.493 e. The SMILES string of the molecule is COc1ccc(C(=O)Cc2ccc(C)cn2)cc1OC. The number of ether oxygens (including phenoxy) is 2. The molecule has 104 valence electrons. The van der Waals surface area contributed by atoms with Crippen molar-refractivity contribution in [1.29, 1.82) is 0 Å². The van der Waals surface area contributed by atoms with Crippen LogP contribution in [0.15, 0.2) is 36.5 Å². The van der Waals surface area contributed by atoms with Gasteiger partial charge in [-0.25, -0.2) is 0 Å². The van der Waals surface area contributed by atoms with E-state index in [9.17, 15) is 4.79 Å². The zero-order chi connectivity index (χ0) is 14.5. The maximum atomic E-state index is 12.2. The summed E-state index contributed by atoms with van der Waals surface area (Å²) in [5.41, 5.74) is 2.42. The first-order chi connectivity index (χ1) is 9.63. The Hall–Kier alpha value is -2.36. The van der Waals surface area contributed by atoms with Gasteiger partial charge in [0, 0.05) is 17.5 Å². The van der Waals surface area contributed by atoms with Crippen molar-refractivity contribution in [2.75, 3.05) is 14.2 Å². The maximum absolute atomic E-state index is 12.2. The molecule has 1 aromatic heterocycles. The number of carbonyl (C=O) groups excluding carboxylic acids is 1. The van der Waals surface area contributed by atoms with E-state index in [0.717, 1.165) is 11.3 Å². The van der Waals surface area contributed by atoms with Crippen LogP contribution in [0, 0.1) is 6.92 Å². The van der Waals surface area contributed by atoms with Crippen LogP contribution in [0.1, 0.15) is 21.6 Å². The normalized spacial score (nSPS) is 10.2. The van der Waals surface area contributed by atoms with E-state index in [-0.39, 0.29) is 12.2 Å². The number of aryl methyl sites for hydroxylation is 1. The number of benzene rings is 1. The Bertz CT molecular complexity index is 606. The monoisotopic (exact) mass is 271 g/mol. The molecule has 0 saturated heterocycles. The van der Waals surface area contributed by atoms with Crippen molar-refractivity contribution in [3.8, 4) is 11.5 Å². The van der Waals surface area contributed by atoms with Crippen LogP contribution in [-0.4, -0.2) is 25.0 Å². The molecule has 0 aliphatic carbocycles. The second kappa shape index (κ2) is 6.19. The average Bonchev–Trinajstić information content (AvgIpc) is 2.48. The molecule has 0 spiro atoms. The Morgan fingerprint density at radius 1 is 1.10 bits per heavy atom. The number of rotatable bonds is 5. The third-order valence-electron chi connectivity index (χ3n) is 3.02. The largest absolute Gasteiger partial charge is 0.493 e. The molecule has 4 heteroatoms. The number of pyridine rings is 1. The summed E-state index contributed by atoms with van der Waals surface area (Å²) in [6.45, 7) is 1.97. The molecule has 1 heterocycles. The highest BCUT2D eigenvalue weighted by Gasteiger charge is 2.11. The highest BCUT2D eigenvalue weighted by molar-refractivity contribution is 5.97. The minimum atomic E-state index is 0.00214. The zero-order valence-electron chi connectivity index (χ0n) is 11.8. The first-order valence-corrected chi connectivity index (χ1v) is 6.31. The predicted octanol–water partition coefficient (Wildman–Crippen LogP) is 2.83. The van der Waals surface area contributed by atoms with Crippen molar-refractivity contribution in [2.24, 2.45) is 0 Å². The van der Waals surface area contributed by atoms with Gasteiger partial charge < -0.3 is 9.47 Å². The molecule has 20 heavy (non-hydrogen) atoms. The fraction of sp³-hybridized carbons (Fsp3) is 0.250. The van der Waals surface area contributed by atoms with Crippen LogP contribution in [0.5, 0.6) is 11.5 Å². The van der Waals surface area contributed by atoms with Gasteiger partial charge in [-0.05, 0) is 36.8 Å². The number of Topliss-reactive ketones (excluding diaryl/α,β-unsaturated/α-hetero) is 1. The van der Waals surface area contributed by atoms with Crippen molar-refractivity contribution in [2.45, 2.75) is 13.3 Å². The number of ketones is 1. The van der Waals surface area contributed by atoms with Crippen molar-refractivity contribution in [3.05, 3.63) is 53.3 Å². The Morgan fingerprint density at radius 2 is 1.85 bits per heavy atom. The van der Waals surface area contributed by atoms with E-state index in [1.54, 1.807) is 38.6 Å². The van der Waals surface area contributed by atoms with Crippen LogP contribution in [0.4, 0.5) is 0 Å². The van der Waals surface area contributed by atoms with Gasteiger partial charge in [-0.15, -0.1) is 0 Å². The van der Waals surface area contributed by atoms with E-state index in [0.29, 0.717) is 17.1 Å². The number of methoxy groups -OCH3 is 2. The lowest BCUT2D eigenvalue weighted by Crippen LogP contribution is -2.05. The van der Waals surface area contributed by atoms with Crippen molar-refractivity contribution in [3.63, 3.8) is 0 Å². The lowest BCUT2D eigenvalue weighted by Gasteiger charge is -2.09. The fourth-order valence-electron chi connectivity index (χ4n) is 1.88. The Morgan fingerprint density at radius 3 is 2.45 bits per heavy atom. The molecule has 0 aliphatic rings. The van der Waals surface area contributed by atoms with Crippen LogP contribution in [0.2, 0.25) is 0 Å². The molecule has 0 amide bonds. The molecule has 1 aromatic carbocycles. The topological polar surface area (TPSA) is 48.4 Å². The van der Waals surface area contributed by atoms with Gasteiger partial charge in [0.05, 0.1) is 20.6 Å². The third-order valence-corrected chi connectivity index (χ3v) is 3.02. The standard InChI is InChI=1S/C16H17NO3/c1-11-4-6-13(17-10-11)9-14(18)12-5-7-15(19-2)16(8-12)20-3/h4-8,10H,9H2,1-3H3. The van der Waals surface area contributed by atoms with E-state index < -0.39 is 0 Å². The molecule has 2 aromatic rings. The van der Waals surface area contributed by atoms with Crippen molar-refractivity contribution in [1.82, 2.24) is 4.98 Å². The first kappa shape index (κ1) is 14.1. The van der Waals surface area contributed by atoms with Gasteiger partial charge in [-0.1, -0.05) is 6.07 Å². The van der Waals surface area contributed by atoms with E-state index in [1.807, 2.05) is 19.1 Å². The summed E-state index contributed by atoms with van der Waals surface area (Å²) < 4.78 is 10.4. The molecule has 0 bridgehead atoms. The molecule has 0 fully saturated rings. The smallest absolute Gasteiger partial charge is 0.168 e. The number of hydrogen-bond acceptors (Lipinski definition) is 4. The number of aromatic nitrogens is 1. The van der Waals surface area contributed by atoms with Crippen molar-refractivity contribution >= 4 is 5.78 Å². The molecule has 0 atom stereocenters. The molecule has 0 saturated carbocycles. The minimum absolute atomic E-state index is 0.00214. The lowest BCUT2D eigenvalue weighted by atomic mass is 10.1. The van der Waals surface area contributed by atoms with Gasteiger partial charge in [-0.3, -0.25) is 9.78 Å². The first-order valence-electron chi connectivity index (χ1n) is 6.31. The third kappa shape index (κ3) is 3.15. The molecular weight excluding hydrogens is 254 g/mol. The predicted molar refractivity (Wildman–Crippen MR) is 76.6 cm³/mol. The summed E-state index contributed by atoms with van der Waals surface area (Å²) in [5.74, 6) is 1.16. The van der Waals surface area contributed by atoms with Gasteiger partial charge >= 0.3 is 0 Å².